The second-order valence-electron chi connectivity index (χ2n) is 9.04. The molecule has 7 nitrogen and oxygen atoms in total. The van der Waals surface area contributed by atoms with E-state index < -0.39 is 23.0 Å². The molecule has 1 aliphatic carbocycles. The van der Waals surface area contributed by atoms with Crippen LogP contribution in [0.15, 0.2) is 59.2 Å². The average Bonchev–Trinajstić information content (AvgIpc) is 3.63. The lowest BCUT2D eigenvalue weighted by Gasteiger charge is -2.23. The molecule has 5 rings (SSSR count). The van der Waals surface area contributed by atoms with Gasteiger partial charge in [-0.3, -0.25) is 13.7 Å². The van der Waals surface area contributed by atoms with Crippen molar-refractivity contribution in [2.24, 2.45) is 5.73 Å². The lowest BCUT2D eigenvalue weighted by Crippen LogP contribution is -2.29. The number of pyridine rings is 1. The lowest BCUT2D eigenvalue weighted by molar-refractivity contribution is 0.100. The highest BCUT2D eigenvalue weighted by atomic mass is 79.9. The molecule has 1 atom stereocenters. The minimum atomic E-state index is -2.36. The fourth-order valence-corrected chi connectivity index (χ4v) is 5.29. The zero-order chi connectivity index (χ0) is 26.3. The number of amides is 1. The Labute approximate surface area is 222 Å². The molecule has 2 aromatic heterocycles. The highest BCUT2D eigenvalue weighted by Crippen LogP contribution is 2.45. The number of rotatable bonds is 9. The van der Waals surface area contributed by atoms with Crippen molar-refractivity contribution in [3.8, 4) is 0 Å². The van der Waals surface area contributed by atoms with Crippen LogP contribution in [-0.4, -0.2) is 30.8 Å². The molecule has 1 fully saturated rings. The average molecular weight is 589 g/mol. The lowest BCUT2D eigenvalue weighted by atomic mass is 10.0. The molecule has 4 aromatic rings. The number of fused-ring (bicyclic) bond motifs is 1. The second kappa shape index (κ2) is 10.3. The van der Waals surface area contributed by atoms with E-state index in [-0.39, 0.29) is 30.3 Å². The van der Waals surface area contributed by atoms with Gasteiger partial charge in [0.15, 0.2) is 0 Å². The van der Waals surface area contributed by atoms with Crippen molar-refractivity contribution in [2.45, 2.75) is 31.6 Å². The summed E-state index contributed by atoms with van der Waals surface area (Å²) in [5, 5.41) is 4.57. The summed E-state index contributed by atoms with van der Waals surface area (Å²) in [6.45, 7) is 0.155. The van der Waals surface area contributed by atoms with Gasteiger partial charge in [0.1, 0.15) is 11.6 Å². The molecule has 2 aromatic carbocycles. The Morgan fingerprint density at radius 3 is 2.49 bits per heavy atom. The van der Waals surface area contributed by atoms with Gasteiger partial charge in [-0.15, -0.1) is 0 Å². The molecule has 3 N–H and O–H groups in total. The summed E-state index contributed by atoms with van der Waals surface area (Å²) in [5.74, 6) is -1.23. The van der Waals surface area contributed by atoms with E-state index in [0.717, 1.165) is 24.0 Å². The van der Waals surface area contributed by atoms with Gasteiger partial charge in [0, 0.05) is 13.0 Å². The Hall–Kier alpha value is -3.15. The molecule has 1 unspecified atom stereocenters. The van der Waals surface area contributed by atoms with Gasteiger partial charge in [0.05, 0.1) is 33.1 Å². The molecule has 0 radical (unpaired) electrons. The summed E-state index contributed by atoms with van der Waals surface area (Å²) in [4.78, 5) is 12.5. The van der Waals surface area contributed by atoms with E-state index in [1.807, 2.05) is 6.07 Å². The van der Waals surface area contributed by atoms with E-state index >= 15 is 0 Å². The van der Waals surface area contributed by atoms with Crippen molar-refractivity contribution in [1.82, 2.24) is 9.61 Å². The molecular weight excluding hydrogens is 566 g/mol. The van der Waals surface area contributed by atoms with Crippen molar-refractivity contribution >= 4 is 44.3 Å². The molecule has 0 bridgehead atoms. The maximum atomic E-state index is 14.0. The summed E-state index contributed by atoms with van der Waals surface area (Å²) >= 11 is 0.775. The van der Waals surface area contributed by atoms with Crippen LogP contribution in [0.2, 0.25) is 0 Å². The number of nitrogens with two attached hydrogens (primary N) is 1. The van der Waals surface area contributed by atoms with E-state index in [9.17, 15) is 22.3 Å². The van der Waals surface area contributed by atoms with Crippen LogP contribution in [0.4, 0.5) is 14.5 Å². The van der Waals surface area contributed by atoms with Gasteiger partial charge in [-0.25, -0.2) is 17.5 Å². The van der Waals surface area contributed by atoms with Crippen molar-refractivity contribution in [3.05, 3.63) is 98.8 Å². The van der Waals surface area contributed by atoms with Crippen LogP contribution in [0.3, 0.4) is 0 Å². The standard InChI is InChI=1S/C26H23BrF2N4O3S/c27-20-8-3-16(11-21(20)29)9-10-33(37(35)36)24-14-32-23(13-19(24)17-4-5-17)25(26(30)34)22(31-32)12-15-1-6-18(28)7-2-15/h1-3,6-8,11,13-14,17H,4-5,9-10,12H2,(H2,30,34)(H,35,36). The molecule has 192 valence electrons. The Morgan fingerprint density at radius 2 is 1.86 bits per heavy atom. The topological polar surface area (TPSA) is 101 Å². The number of benzene rings is 2. The van der Waals surface area contributed by atoms with Gasteiger partial charge < -0.3 is 5.73 Å². The van der Waals surface area contributed by atoms with E-state index in [2.05, 4.69) is 21.0 Å². The van der Waals surface area contributed by atoms with Crippen LogP contribution in [0.25, 0.3) is 5.52 Å². The van der Waals surface area contributed by atoms with Crippen molar-refractivity contribution in [2.75, 3.05) is 10.8 Å². The molecule has 1 amide bonds. The molecule has 11 heteroatoms. The summed E-state index contributed by atoms with van der Waals surface area (Å²) in [5.41, 5.74) is 9.72. The number of nitrogens with zero attached hydrogens (tertiary/aromatic N) is 3. The van der Waals surface area contributed by atoms with Crippen molar-refractivity contribution in [1.29, 1.82) is 0 Å². The van der Waals surface area contributed by atoms with Crippen LogP contribution >= 0.6 is 15.9 Å². The predicted molar refractivity (Wildman–Crippen MR) is 141 cm³/mol. The maximum Gasteiger partial charge on any atom is 0.261 e. The number of primary amides is 1. The van der Waals surface area contributed by atoms with Crippen LogP contribution in [-0.2, 0) is 24.1 Å². The highest BCUT2D eigenvalue weighted by molar-refractivity contribution is 9.10. The molecular formula is C26H23BrF2N4O3S. The van der Waals surface area contributed by atoms with E-state index in [0.29, 0.717) is 33.4 Å². The fraction of sp³-hybridized carbons (Fsp3) is 0.231. The number of carbonyl (C=O) groups is 1. The van der Waals surface area contributed by atoms with Gasteiger partial charge in [-0.2, -0.15) is 5.10 Å². The molecule has 2 heterocycles. The zero-order valence-electron chi connectivity index (χ0n) is 19.5. The van der Waals surface area contributed by atoms with Crippen LogP contribution in [0.5, 0.6) is 0 Å². The number of halogens is 3. The number of hydrogen-bond donors (Lipinski definition) is 2. The SMILES string of the molecule is NC(=O)c1c(Cc2ccc(F)cc2)nn2cc(N(CCc3ccc(Br)c(F)c3)S(=O)O)c(C3CC3)cc12. The molecule has 1 aliphatic rings. The van der Waals surface area contributed by atoms with Gasteiger partial charge >= 0.3 is 0 Å². The van der Waals surface area contributed by atoms with Gasteiger partial charge in [-0.1, -0.05) is 18.2 Å². The van der Waals surface area contributed by atoms with Gasteiger partial charge in [-0.05, 0) is 88.1 Å². The van der Waals surface area contributed by atoms with Crippen LogP contribution < -0.4 is 10.0 Å². The number of hydrogen-bond acceptors (Lipinski definition) is 3. The summed E-state index contributed by atoms with van der Waals surface area (Å²) in [7, 11) is 0. The number of carbonyl (C=O) groups excluding carboxylic acids is 1. The largest absolute Gasteiger partial charge is 0.365 e. The summed E-state index contributed by atoms with van der Waals surface area (Å²) in [6, 6.07) is 12.5. The molecule has 37 heavy (non-hydrogen) atoms. The Morgan fingerprint density at radius 1 is 1.16 bits per heavy atom. The minimum absolute atomic E-state index is 0.155. The third kappa shape index (κ3) is 5.43. The molecule has 1 saturated carbocycles. The molecule has 0 saturated heterocycles. The number of anilines is 1. The first kappa shape index (κ1) is 25.5. The van der Waals surface area contributed by atoms with E-state index in [1.165, 1.54) is 27.0 Å². The Kier molecular flexibility index (Phi) is 7.11. The van der Waals surface area contributed by atoms with Gasteiger partial charge in [0.2, 0.25) is 0 Å². The quantitative estimate of drug-likeness (QED) is 0.265. The van der Waals surface area contributed by atoms with Crippen molar-refractivity contribution in [3.63, 3.8) is 0 Å². The normalized spacial score (nSPS) is 14.2. The van der Waals surface area contributed by atoms with Gasteiger partial charge in [0.25, 0.3) is 17.2 Å². The second-order valence-corrected chi connectivity index (χ2v) is 10.8. The molecule has 0 spiro atoms. The predicted octanol–water partition coefficient (Wildman–Crippen LogP) is 5.13. The van der Waals surface area contributed by atoms with E-state index in [4.69, 9.17) is 5.73 Å². The zero-order valence-corrected chi connectivity index (χ0v) is 21.9. The van der Waals surface area contributed by atoms with Crippen LogP contribution in [0.1, 0.15) is 51.5 Å². The third-order valence-electron chi connectivity index (χ3n) is 6.45. The first-order valence-corrected chi connectivity index (χ1v) is 13.5. The Balaban J connectivity index is 1.55. The van der Waals surface area contributed by atoms with Crippen molar-refractivity contribution < 1.29 is 22.3 Å². The Bertz CT molecular complexity index is 1520. The minimum Gasteiger partial charge on any atom is -0.365 e. The highest BCUT2D eigenvalue weighted by Gasteiger charge is 2.31. The first-order chi connectivity index (χ1) is 17.7. The monoisotopic (exact) mass is 588 g/mol. The molecule has 0 aliphatic heterocycles. The summed E-state index contributed by atoms with van der Waals surface area (Å²) < 4.78 is 53.2. The maximum absolute atomic E-state index is 14.0. The fourth-order valence-electron chi connectivity index (χ4n) is 4.47. The smallest absolute Gasteiger partial charge is 0.261 e. The first-order valence-electron chi connectivity index (χ1n) is 11.6. The third-order valence-corrected chi connectivity index (χ3v) is 7.85. The summed E-state index contributed by atoms with van der Waals surface area (Å²) in [6.07, 6.45) is 4.06. The van der Waals surface area contributed by atoms with E-state index in [1.54, 1.807) is 30.5 Å². The number of aromatic nitrogens is 2. The van der Waals surface area contributed by atoms with Crippen LogP contribution in [0, 0.1) is 11.6 Å².